The Kier molecular flexibility index (Phi) is 4.64. The fraction of sp³-hybridized carbons (Fsp3) is 0.188. The van der Waals surface area contributed by atoms with E-state index in [9.17, 15) is 4.79 Å². The fourth-order valence-corrected chi connectivity index (χ4v) is 2.06. The van der Waals surface area contributed by atoms with Gasteiger partial charge in [-0.15, -0.1) is 0 Å². The van der Waals surface area contributed by atoms with Gasteiger partial charge in [-0.2, -0.15) is 0 Å². The first-order valence-electron chi connectivity index (χ1n) is 6.27. The van der Waals surface area contributed by atoms with Crippen LogP contribution in [0.1, 0.15) is 21.5 Å². The van der Waals surface area contributed by atoms with Crippen LogP contribution >= 0.6 is 11.6 Å². The zero-order chi connectivity index (χ0) is 14.5. The Morgan fingerprint density at radius 2 is 1.90 bits per heavy atom. The van der Waals surface area contributed by atoms with Crippen molar-refractivity contribution in [2.75, 3.05) is 7.11 Å². The second-order valence-corrected chi connectivity index (χ2v) is 4.92. The lowest BCUT2D eigenvalue weighted by Crippen LogP contribution is -2.22. The quantitative estimate of drug-likeness (QED) is 0.934. The van der Waals surface area contributed by atoms with Crippen molar-refractivity contribution in [3.8, 4) is 5.75 Å². The molecule has 1 N–H and O–H groups in total. The molecule has 0 aliphatic heterocycles. The molecule has 104 valence electrons. The second kappa shape index (κ2) is 6.44. The van der Waals surface area contributed by atoms with E-state index in [1.54, 1.807) is 25.3 Å². The smallest absolute Gasteiger partial charge is 0.251 e. The van der Waals surface area contributed by atoms with E-state index in [1.165, 1.54) is 5.56 Å². The van der Waals surface area contributed by atoms with E-state index in [0.29, 0.717) is 22.9 Å². The van der Waals surface area contributed by atoms with Crippen molar-refractivity contribution in [3.05, 3.63) is 64.2 Å². The minimum atomic E-state index is -0.157. The number of benzene rings is 2. The summed E-state index contributed by atoms with van der Waals surface area (Å²) in [6, 6.07) is 13.0. The van der Waals surface area contributed by atoms with Crippen LogP contribution in [0, 0.1) is 6.92 Å². The predicted octanol–water partition coefficient (Wildman–Crippen LogP) is 3.59. The first kappa shape index (κ1) is 14.4. The first-order chi connectivity index (χ1) is 9.60. The molecule has 0 fully saturated rings. The summed E-state index contributed by atoms with van der Waals surface area (Å²) < 4.78 is 5.06. The Labute approximate surface area is 123 Å². The molecule has 0 saturated heterocycles. The van der Waals surface area contributed by atoms with Gasteiger partial charge in [0.05, 0.1) is 12.1 Å². The molecule has 0 bridgehead atoms. The summed E-state index contributed by atoms with van der Waals surface area (Å²) in [7, 11) is 1.54. The molecule has 1 amide bonds. The van der Waals surface area contributed by atoms with Crippen molar-refractivity contribution in [3.63, 3.8) is 0 Å². The van der Waals surface area contributed by atoms with Crippen molar-refractivity contribution in [2.45, 2.75) is 13.5 Å². The highest BCUT2D eigenvalue weighted by molar-refractivity contribution is 6.32. The Hall–Kier alpha value is -2.00. The molecule has 0 heterocycles. The number of hydrogen-bond acceptors (Lipinski definition) is 2. The lowest BCUT2D eigenvalue weighted by Gasteiger charge is -2.08. The van der Waals surface area contributed by atoms with Gasteiger partial charge in [-0.05, 0) is 30.7 Å². The number of rotatable bonds is 4. The highest BCUT2D eigenvalue weighted by Gasteiger charge is 2.08. The Balaban J connectivity index is 2.01. The van der Waals surface area contributed by atoms with Gasteiger partial charge in [0.25, 0.3) is 5.91 Å². The Morgan fingerprint density at radius 3 is 2.50 bits per heavy atom. The van der Waals surface area contributed by atoms with Gasteiger partial charge in [0.2, 0.25) is 0 Å². The summed E-state index contributed by atoms with van der Waals surface area (Å²) in [5, 5.41) is 3.29. The number of amides is 1. The number of carbonyl (C=O) groups is 1. The van der Waals surface area contributed by atoms with Gasteiger partial charge in [-0.1, -0.05) is 41.4 Å². The molecule has 2 rings (SSSR count). The summed E-state index contributed by atoms with van der Waals surface area (Å²) in [4.78, 5) is 12.0. The fourth-order valence-electron chi connectivity index (χ4n) is 1.80. The maximum absolute atomic E-state index is 12.0. The molecule has 0 aliphatic carbocycles. The van der Waals surface area contributed by atoms with Gasteiger partial charge in [-0.3, -0.25) is 4.79 Å². The topological polar surface area (TPSA) is 38.3 Å². The molecule has 0 atom stereocenters. The van der Waals surface area contributed by atoms with Gasteiger partial charge >= 0.3 is 0 Å². The van der Waals surface area contributed by atoms with Crippen LogP contribution in [0.2, 0.25) is 5.02 Å². The van der Waals surface area contributed by atoms with Crippen LogP contribution in [0.4, 0.5) is 0 Å². The van der Waals surface area contributed by atoms with Crippen LogP contribution in [0.3, 0.4) is 0 Å². The lowest BCUT2D eigenvalue weighted by atomic mass is 10.1. The van der Waals surface area contributed by atoms with E-state index in [4.69, 9.17) is 16.3 Å². The average Bonchev–Trinajstić information content (AvgIpc) is 2.46. The number of ether oxygens (including phenoxy) is 1. The van der Waals surface area contributed by atoms with Crippen molar-refractivity contribution in [1.82, 2.24) is 5.32 Å². The van der Waals surface area contributed by atoms with Crippen LogP contribution in [-0.4, -0.2) is 13.0 Å². The maximum atomic E-state index is 12.0. The van der Waals surface area contributed by atoms with Crippen LogP contribution in [0.15, 0.2) is 42.5 Å². The monoisotopic (exact) mass is 289 g/mol. The second-order valence-electron chi connectivity index (χ2n) is 4.52. The van der Waals surface area contributed by atoms with E-state index < -0.39 is 0 Å². The van der Waals surface area contributed by atoms with Gasteiger partial charge < -0.3 is 10.1 Å². The van der Waals surface area contributed by atoms with E-state index in [-0.39, 0.29) is 5.91 Å². The standard InChI is InChI=1S/C16H16ClNO2/c1-11-3-5-12(6-4-11)10-18-16(19)13-7-8-15(20-2)14(17)9-13/h3-9H,10H2,1-2H3,(H,18,19). The van der Waals surface area contributed by atoms with Crippen molar-refractivity contribution in [2.24, 2.45) is 0 Å². The molecular weight excluding hydrogens is 274 g/mol. The van der Waals surface area contributed by atoms with Crippen LogP contribution in [0.25, 0.3) is 0 Å². The number of nitrogens with one attached hydrogen (secondary N) is 1. The zero-order valence-corrected chi connectivity index (χ0v) is 12.2. The molecule has 0 spiro atoms. The van der Waals surface area contributed by atoms with Gasteiger partial charge in [0.15, 0.2) is 0 Å². The van der Waals surface area contributed by atoms with Crippen molar-refractivity contribution >= 4 is 17.5 Å². The van der Waals surface area contributed by atoms with Crippen molar-refractivity contribution < 1.29 is 9.53 Å². The van der Waals surface area contributed by atoms with E-state index in [1.807, 2.05) is 31.2 Å². The number of methoxy groups -OCH3 is 1. The highest BCUT2D eigenvalue weighted by Crippen LogP contribution is 2.24. The molecule has 3 nitrogen and oxygen atoms in total. The van der Waals surface area contributed by atoms with Gasteiger partial charge in [0, 0.05) is 12.1 Å². The third-order valence-corrected chi connectivity index (χ3v) is 3.28. The molecule has 0 unspecified atom stereocenters. The minimum Gasteiger partial charge on any atom is -0.495 e. The third kappa shape index (κ3) is 3.52. The minimum absolute atomic E-state index is 0.157. The lowest BCUT2D eigenvalue weighted by molar-refractivity contribution is 0.0951. The van der Waals surface area contributed by atoms with E-state index in [0.717, 1.165) is 5.56 Å². The molecule has 2 aromatic carbocycles. The Bertz CT molecular complexity index is 608. The summed E-state index contributed by atoms with van der Waals surface area (Å²) in [6.45, 7) is 2.52. The number of halogens is 1. The molecule has 4 heteroatoms. The number of carbonyl (C=O) groups excluding carboxylic acids is 1. The maximum Gasteiger partial charge on any atom is 0.251 e. The van der Waals surface area contributed by atoms with Crippen molar-refractivity contribution in [1.29, 1.82) is 0 Å². The normalized spacial score (nSPS) is 10.2. The molecule has 0 aromatic heterocycles. The van der Waals surface area contributed by atoms with Crippen LogP contribution in [-0.2, 0) is 6.54 Å². The largest absolute Gasteiger partial charge is 0.495 e. The predicted molar refractivity (Wildman–Crippen MR) is 80.4 cm³/mol. The number of aryl methyl sites for hydroxylation is 1. The van der Waals surface area contributed by atoms with Gasteiger partial charge in [-0.25, -0.2) is 0 Å². The summed E-state index contributed by atoms with van der Waals surface area (Å²) >= 11 is 6.00. The molecule has 0 saturated carbocycles. The van der Waals surface area contributed by atoms with Crippen LogP contribution < -0.4 is 10.1 Å². The Morgan fingerprint density at radius 1 is 1.20 bits per heavy atom. The summed E-state index contributed by atoms with van der Waals surface area (Å²) in [5.41, 5.74) is 2.77. The molecule has 0 radical (unpaired) electrons. The van der Waals surface area contributed by atoms with E-state index in [2.05, 4.69) is 5.32 Å². The SMILES string of the molecule is COc1ccc(C(=O)NCc2ccc(C)cc2)cc1Cl. The highest BCUT2D eigenvalue weighted by atomic mass is 35.5. The zero-order valence-electron chi connectivity index (χ0n) is 11.4. The molecule has 2 aromatic rings. The summed E-state index contributed by atoms with van der Waals surface area (Å²) in [5.74, 6) is 0.400. The average molecular weight is 290 g/mol. The summed E-state index contributed by atoms with van der Waals surface area (Å²) in [6.07, 6.45) is 0. The van der Waals surface area contributed by atoms with Gasteiger partial charge in [0.1, 0.15) is 5.75 Å². The van der Waals surface area contributed by atoms with Crippen LogP contribution in [0.5, 0.6) is 5.75 Å². The molecule has 0 aliphatic rings. The number of hydrogen-bond donors (Lipinski definition) is 1. The molecular formula is C16H16ClNO2. The third-order valence-electron chi connectivity index (χ3n) is 2.99. The van der Waals surface area contributed by atoms with E-state index >= 15 is 0 Å². The molecule has 20 heavy (non-hydrogen) atoms. The first-order valence-corrected chi connectivity index (χ1v) is 6.65.